The largest absolute Gasteiger partial charge is 0.497 e. The highest BCUT2D eigenvalue weighted by Crippen LogP contribution is 2.48. The van der Waals surface area contributed by atoms with Crippen LogP contribution in [0.5, 0.6) is 11.5 Å². The smallest absolute Gasteiger partial charge is 0.214 e. The van der Waals surface area contributed by atoms with Crippen molar-refractivity contribution in [2.75, 3.05) is 7.11 Å². The molecule has 5 rings (SSSR count). The minimum Gasteiger partial charge on any atom is -0.497 e. The molecule has 4 nitrogen and oxygen atoms in total. The standard InChI is InChI=1S/C24H21ClN2O2/c1-15-6-8-16(9-7-15)21-14-22-20-13-18(25)10-11-23(20)29-24(27(22)26-21)17-4-3-5-19(12-17)28-2/h3-13,22,24H,14H2,1-2H3/t22-,24+/m0/s1. The number of rotatable bonds is 3. The summed E-state index contributed by atoms with van der Waals surface area (Å²) in [6, 6.07) is 22.3. The van der Waals surface area contributed by atoms with Crippen molar-refractivity contribution in [2.45, 2.75) is 25.6 Å². The van der Waals surface area contributed by atoms with Crippen LogP contribution in [-0.4, -0.2) is 17.8 Å². The van der Waals surface area contributed by atoms with E-state index < -0.39 is 0 Å². The molecular formula is C24H21ClN2O2. The molecule has 29 heavy (non-hydrogen) atoms. The second kappa shape index (κ2) is 7.12. The molecule has 0 bridgehead atoms. The quantitative estimate of drug-likeness (QED) is 0.545. The SMILES string of the molecule is COc1cccc([C@H]2Oc3ccc(Cl)cc3[C@@H]3CC(c4ccc(C)cc4)=NN23)c1. The van der Waals surface area contributed by atoms with E-state index >= 15 is 0 Å². The van der Waals surface area contributed by atoms with E-state index in [0.29, 0.717) is 5.02 Å². The fraction of sp³-hybridized carbons (Fsp3) is 0.208. The van der Waals surface area contributed by atoms with Gasteiger partial charge >= 0.3 is 0 Å². The van der Waals surface area contributed by atoms with Crippen molar-refractivity contribution in [3.8, 4) is 11.5 Å². The third-order valence-electron chi connectivity index (χ3n) is 5.52. The summed E-state index contributed by atoms with van der Waals surface area (Å²) in [5.74, 6) is 1.65. The number of benzene rings is 3. The Kier molecular flexibility index (Phi) is 4.44. The Balaban J connectivity index is 1.60. The molecule has 5 heteroatoms. The molecule has 3 aromatic rings. The van der Waals surface area contributed by atoms with Crippen LogP contribution in [-0.2, 0) is 0 Å². The summed E-state index contributed by atoms with van der Waals surface area (Å²) in [6.45, 7) is 2.09. The van der Waals surface area contributed by atoms with Gasteiger partial charge in [0, 0.05) is 22.6 Å². The molecule has 2 aliphatic rings. The highest BCUT2D eigenvalue weighted by molar-refractivity contribution is 6.30. The number of hydrazone groups is 1. The Morgan fingerprint density at radius 1 is 1.07 bits per heavy atom. The average molecular weight is 405 g/mol. The molecule has 0 N–H and O–H groups in total. The number of methoxy groups -OCH3 is 1. The lowest BCUT2D eigenvalue weighted by Crippen LogP contribution is -2.33. The van der Waals surface area contributed by atoms with Gasteiger partial charge in [0.05, 0.1) is 18.9 Å². The lowest BCUT2D eigenvalue weighted by atomic mass is 9.95. The maximum atomic E-state index is 6.39. The van der Waals surface area contributed by atoms with E-state index in [0.717, 1.165) is 40.3 Å². The summed E-state index contributed by atoms with van der Waals surface area (Å²) >= 11 is 6.30. The van der Waals surface area contributed by atoms with Gasteiger partial charge in [-0.25, -0.2) is 5.01 Å². The summed E-state index contributed by atoms with van der Waals surface area (Å²) in [4.78, 5) is 0. The Bertz CT molecular complexity index is 1090. The van der Waals surface area contributed by atoms with Crippen LogP contribution >= 0.6 is 11.6 Å². The van der Waals surface area contributed by atoms with Crippen molar-refractivity contribution in [3.05, 3.63) is 94.0 Å². The van der Waals surface area contributed by atoms with E-state index in [-0.39, 0.29) is 12.3 Å². The van der Waals surface area contributed by atoms with E-state index in [2.05, 4.69) is 36.2 Å². The molecule has 0 amide bonds. The summed E-state index contributed by atoms with van der Waals surface area (Å²) in [5.41, 5.74) is 5.50. The zero-order valence-corrected chi connectivity index (χ0v) is 17.1. The van der Waals surface area contributed by atoms with Gasteiger partial charge in [-0.05, 0) is 42.8 Å². The highest BCUT2D eigenvalue weighted by Gasteiger charge is 2.41. The van der Waals surface area contributed by atoms with E-state index in [1.165, 1.54) is 5.56 Å². The zero-order chi connectivity index (χ0) is 20.0. The number of fused-ring (bicyclic) bond motifs is 3. The minimum atomic E-state index is -0.327. The summed E-state index contributed by atoms with van der Waals surface area (Å²) in [7, 11) is 1.67. The second-order valence-corrected chi connectivity index (χ2v) is 7.88. The lowest BCUT2D eigenvalue weighted by molar-refractivity contribution is -0.0191. The van der Waals surface area contributed by atoms with Crippen LogP contribution in [0.1, 0.15) is 40.9 Å². The topological polar surface area (TPSA) is 34.1 Å². The van der Waals surface area contributed by atoms with Gasteiger partial charge in [-0.2, -0.15) is 5.10 Å². The maximum Gasteiger partial charge on any atom is 0.214 e. The zero-order valence-electron chi connectivity index (χ0n) is 16.3. The molecular weight excluding hydrogens is 384 g/mol. The van der Waals surface area contributed by atoms with Crippen LogP contribution in [0.2, 0.25) is 5.02 Å². The Morgan fingerprint density at radius 2 is 1.90 bits per heavy atom. The number of hydrogen-bond acceptors (Lipinski definition) is 4. The Hall–Kier alpha value is -2.98. The molecule has 2 aliphatic heterocycles. The van der Waals surface area contributed by atoms with Gasteiger partial charge < -0.3 is 9.47 Å². The first-order chi connectivity index (χ1) is 14.1. The fourth-order valence-electron chi connectivity index (χ4n) is 3.99. The van der Waals surface area contributed by atoms with Crippen molar-refractivity contribution in [1.29, 1.82) is 0 Å². The number of aryl methyl sites for hydroxylation is 1. The van der Waals surface area contributed by atoms with Gasteiger partial charge in [0.15, 0.2) is 0 Å². The van der Waals surface area contributed by atoms with E-state index in [4.69, 9.17) is 26.2 Å². The van der Waals surface area contributed by atoms with E-state index in [1.807, 2.05) is 42.5 Å². The van der Waals surface area contributed by atoms with Crippen molar-refractivity contribution >= 4 is 17.3 Å². The number of halogens is 1. The summed E-state index contributed by atoms with van der Waals surface area (Å²) in [5, 5.41) is 7.76. The van der Waals surface area contributed by atoms with Crippen molar-refractivity contribution in [3.63, 3.8) is 0 Å². The van der Waals surface area contributed by atoms with Crippen LogP contribution in [0, 0.1) is 6.92 Å². The number of nitrogens with zero attached hydrogens (tertiary/aromatic N) is 2. The predicted octanol–water partition coefficient (Wildman–Crippen LogP) is 5.90. The van der Waals surface area contributed by atoms with E-state index in [1.54, 1.807) is 7.11 Å². The van der Waals surface area contributed by atoms with Gasteiger partial charge in [0.2, 0.25) is 6.23 Å². The molecule has 2 heterocycles. The van der Waals surface area contributed by atoms with Crippen molar-refractivity contribution < 1.29 is 9.47 Å². The third-order valence-corrected chi connectivity index (χ3v) is 5.75. The Labute approximate surface area is 175 Å². The highest BCUT2D eigenvalue weighted by atomic mass is 35.5. The Morgan fingerprint density at radius 3 is 2.69 bits per heavy atom. The average Bonchev–Trinajstić information content (AvgIpc) is 3.19. The van der Waals surface area contributed by atoms with Crippen molar-refractivity contribution in [2.24, 2.45) is 5.10 Å². The minimum absolute atomic E-state index is 0.0740. The first-order valence-electron chi connectivity index (χ1n) is 9.65. The summed E-state index contributed by atoms with van der Waals surface area (Å²) < 4.78 is 11.8. The van der Waals surface area contributed by atoms with E-state index in [9.17, 15) is 0 Å². The molecule has 0 radical (unpaired) electrons. The van der Waals surface area contributed by atoms with Crippen LogP contribution < -0.4 is 9.47 Å². The van der Waals surface area contributed by atoms with Gasteiger partial charge in [-0.1, -0.05) is 53.6 Å². The van der Waals surface area contributed by atoms with Crippen LogP contribution in [0.25, 0.3) is 0 Å². The van der Waals surface area contributed by atoms with Crippen molar-refractivity contribution in [1.82, 2.24) is 5.01 Å². The predicted molar refractivity (Wildman–Crippen MR) is 115 cm³/mol. The molecule has 2 atom stereocenters. The number of ether oxygens (including phenoxy) is 2. The van der Waals surface area contributed by atoms with Crippen LogP contribution in [0.3, 0.4) is 0 Å². The molecule has 0 saturated heterocycles. The molecule has 0 fully saturated rings. The van der Waals surface area contributed by atoms with Gasteiger partial charge in [0.25, 0.3) is 0 Å². The van der Waals surface area contributed by atoms with Crippen LogP contribution in [0.15, 0.2) is 71.8 Å². The molecule has 0 saturated carbocycles. The van der Waals surface area contributed by atoms with Gasteiger partial charge in [-0.15, -0.1) is 0 Å². The summed E-state index contributed by atoms with van der Waals surface area (Å²) in [6.07, 6.45) is 0.479. The molecule has 0 unspecified atom stereocenters. The molecule has 3 aromatic carbocycles. The first-order valence-corrected chi connectivity index (χ1v) is 10.0. The normalized spacial score (nSPS) is 19.8. The van der Waals surface area contributed by atoms with Gasteiger partial charge in [0.1, 0.15) is 11.5 Å². The number of hydrogen-bond donors (Lipinski definition) is 0. The molecule has 146 valence electrons. The third kappa shape index (κ3) is 3.23. The lowest BCUT2D eigenvalue weighted by Gasteiger charge is -2.38. The molecule has 0 aliphatic carbocycles. The monoisotopic (exact) mass is 404 g/mol. The maximum absolute atomic E-state index is 6.39. The van der Waals surface area contributed by atoms with Gasteiger partial charge in [-0.3, -0.25) is 0 Å². The van der Waals surface area contributed by atoms with Crippen LogP contribution in [0.4, 0.5) is 0 Å². The molecule has 0 aromatic heterocycles. The second-order valence-electron chi connectivity index (χ2n) is 7.44. The fourth-order valence-corrected chi connectivity index (χ4v) is 4.17. The molecule has 0 spiro atoms. The first kappa shape index (κ1) is 18.1.